The SMILES string of the molecule is CCOc1ccc(CCC(=O)N(Cc2ccccc2Cl)[C@@H](C)C(=O)NC)cc1OCC. The molecule has 0 aliphatic heterocycles. The third-order valence-corrected chi connectivity index (χ3v) is 5.32. The van der Waals surface area contributed by atoms with E-state index in [1.165, 1.54) is 0 Å². The summed E-state index contributed by atoms with van der Waals surface area (Å²) >= 11 is 6.29. The van der Waals surface area contributed by atoms with Crippen LogP contribution in [0.15, 0.2) is 42.5 Å². The fraction of sp³-hybridized carbons (Fsp3) is 0.417. The maximum absolute atomic E-state index is 13.1. The second kappa shape index (κ2) is 12.2. The summed E-state index contributed by atoms with van der Waals surface area (Å²) in [5.74, 6) is 1.01. The minimum atomic E-state index is -0.618. The molecular weight excluding hydrogens is 416 g/mol. The van der Waals surface area contributed by atoms with Gasteiger partial charge in [0, 0.05) is 25.0 Å². The van der Waals surface area contributed by atoms with Crippen LogP contribution in [0.25, 0.3) is 0 Å². The molecule has 0 bridgehead atoms. The van der Waals surface area contributed by atoms with Gasteiger partial charge < -0.3 is 19.7 Å². The summed E-state index contributed by atoms with van der Waals surface area (Å²) < 4.78 is 11.3. The van der Waals surface area contributed by atoms with E-state index in [4.69, 9.17) is 21.1 Å². The lowest BCUT2D eigenvalue weighted by atomic mass is 10.1. The van der Waals surface area contributed by atoms with Gasteiger partial charge in [-0.15, -0.1) is 0 Å². The molecule has 168 valence electrons. The predicted octanol–water partition coefficient (Wildman–Crippen LogP) is 4.23. The van der Waals surface area contributed by atoms with Gasteiger partial charge in [-0.3, -0.25) is 9.59 Å². The molecule has 0 spiro atoms. The summed E-state index contributed by atoms with van der Waals surface area (Å²) in [5, 5.41) is 3.18. The molecule has 2 rings (SSSR count). The highest BCUT2D eigenvalue weighted by Crippen LogP contribution is 2.29. The Bertz CT molecular complexity index is 888. The number of amides is 2. The highest BCUT2D eigenvalue weighted by molar-refractivity contribution is 6.31. The number of aryl methyl sites for hydroxylation is 1. The number of likely N-dealkylation sites (N-methyl/N-ethyl adjacent to an activating group) is 1. The summed E-state index contributed by atoms with van der Waals surface area (Å²) in [6.45, 7) is 6.89. The van der Waals surface area contributed by atoms with E-state index in [1.807, 2.05) is 50.2 Å². The normalized spacial score (nSPS) is 11.5. The van der Waals surface area contributed by atoms with Crippen molar-refractivity contribution in [1.82, 2.24) is 10.2 Å². The van der Waals surface area contributed by atoms with Crippen LogP contribution in [-0.2, 0) is 22.6 Å². The highest BCUT2D eigenvalue weighted by Gasteiger charge is 2.25. The predicted molar refractivity (Wildman–Crippen MR) is 123 cm³/mol. The fourth-order valence-corrected chi connectivity index (χ4v) is 3.44. The van der Waals surface area contributed by atoms with E-state index < -0.39 is 6.04 Å². The van der Waals surface area contributed by atoms with Crippen LogP contribution in [0.1, 0.15) is 38.3 Å². The van der Waals surface area contributed by atoms with Crippen LogP contribution < -0.4 is 14.8 Å². The number of rotatable bonds is 11. The summed E-state index contributed by atoms with van der Waals surface area (Å²) in [7, 11) is 1.56. The van der Waals surface area contributed by atoms with Crippen molar-refractivity contribution in [2.45, 2.75) is 46.2 Å². The van der Waals surface area contributed by atoms with E-state index in [0.717, 1.165) is 11.1 Å². The van der Waals surface area contributed by atoms with Crippen LogP contribution in [0.3, 0.4) is 0 Å². The molecule has 1 N–H and O–H groups in total. The number of nitrogens with one attached hydrogen (secondary N) is 1. The second-order valence-corrected chi connectivity index (χ2v) is 7.46. The lowest BCUT2D eigenvalue weighted by Gasteiger charge is -2.28. The molecule has 1 atom stereocenters. The Morgan fingerprint density at radius 2 is 1.74 bits per heavy atom. The van der Waals surface area contributed by atoms with Gasteiger partial charge in [0.15, 0.2) is 11.5 Å². The number of nitrogens with zero attached hydrogens (tertiary/aromatic N) is 1. The Morgan fingerprint density at radius 1 is 1.06 bits per heavy atom. The number of carbonyl (C=O) groups is 2. The van der Waals surface area contributed by atoms with E-state index in [9.17, 15) is 9.59 Å². The number of carbonyl (C=O) groups excluding carboxylic acids is 2. The topological polar surface area (TPSA) is 67.9 Å². The number of ether oxygens (including phenoxy) is 2. The average Bonchev–Trinajstić information content (AvgIpc) is 2.77. The highest BCUT2D eigenvalue weighted by atomic mass is 35.5. The molecule has 2 aromatic carbocycles. The molecule has 31 heavy (non-hydrogen) atoms. The molecule has 2 aromatic rings. The van der Waals surface area contributed by atoms with Gasteiger partial charge in [0.05, 0.1) is 13.2 Å². The van der Waals surface area contributed by atoms with Gasteiger partial charge in [0.2, 0.25) is 11.8 Å². The Balaban J connectivity index is 2.16. The molecule has 0 fully saturated rings. The Labute approximate surface area is 189 Å². The minimum Gasteiger partial charge on any atom is -0.490 e. The van der Waals surface area contributed by atoms with Gasteiger partial charge in [-0.2, -0.15) is 0 Å². The van der Waals surface area contributed by atoms with Gasteiger partial charge in [-0.05, 0) is 56.5 Å². The second-order valence-electron chi connectivity index (χ2n) is 7.05. The summed E-state index contributed by atoms with van der Waals surface area (Å²) in [4.78, 5) is 26.9. The molecule has 6 nitrogen and oxygen atoms in total. The molecule has 0 radical (unpaired) electrons. The zero-order valence-corrected chi connectivity index (χ0v) is 19.4. The molecule has 0 saturated carbocycles. The van der Waals surface area contributed by atoms with Gasteiger partial charge in [-0.1, -0.05) is 35.9 Å². The number of benzene rings is 2. The van der Waals surface area contributed by atoms with Crippen LogP contribution in [-0.4, -0.2) is 43.0 Å². The van der Waals surface area contributed by atoms with Crippen LogP contribution in [0.5, 0.6) is 11.5 Å². The average molecular weight is 447 g/mol. The number of hydrogen-bond acceptors (Lipinski definition) is 4. The molecule has 0 unspecified atom stereocenters. The smallest absolute Gasteiger partial charge is 0.242 e. The fourth-order valence-electron chi connectivity index (χ4n) is 3.25. The van der Waals surface area contributed by atoms with Crippen molar-refractivity contribution in [3.63, 3.8) is 0 Å². The largest absolute Gasteiger partial charge is 0.490 e. The van der Waals surface area contributed by atoms with E-state index in [0.29, 0.717) is 36.2 Å². The number of halogens is 1. The molecular formula is C24H31ClN2O4. The van der Waals surface area contributed by atoms with Crippen LogP contribution >= 0.6 is 11.6 Å². The van der Waals surface area contributed by atoms with Crippen molar-refractivity contribution in [3.05, 3.63) is 58.6 Å². The zero-order chi connectivity index (χ0) is 22.8. The molecule has 7 heteroatoms. The van der Waals surface area contributed by atoms with Crippen molar-refractivity contribution >= 4 is 23.4 Å². The Kier molecular flexibility index (Phi) is 9.66. The molecule has 0 aliphatic rings. The first-order valence-corrected chi connectivity index (χ1v) is 10.9. The standard InChI is InChI=1S/C24H31ClN2O4/c1-5-30-21-13-11-18(15-22(21)31-6-2)12-14-23(28)27(17(3)24(29)26-4)16-19-9-7-8-10-20(19)25/h7-11,13,15,17H,5-6,12,14,16H2,1-4H3,(H,26,29)/t17-/m0/s1. The first-order chi connectivity index (χ1) is 14.9. The molecule has 0 saturated heterocycles. The van der Waals surface area contributed by atoms with Crippen molar-refractivity contribution in [3.8, 4) is 11.5 Å². The van der Waals surface area contributed by atoms with Gasteiger partial charge >= 0.3 is 0 Å². The quantitative estimate of drug-likeness (QED) is 0.560. The van der Waals surface area contributed by atoms with E-state index >= 15 is 0 Å². The van der Waals surface area contributed by atoms with Crippen molar-refractivity contribution < 1.29 is 19.1 Å². The first-order valence-electron chi connectivity index (χ1n) is 10.5. The lowest BCUT2D eigenvalue weighted by Crippen LogP contribution is -2.46. The van der Waals surface area contributed by atoms with Gasteiger partial charge in [0.1, 0.15) is 6.04 Å². The molecule has 0 aromatic heterocycles. The van der Waals surface area contributed by atoms with Crippen LogP contribution in [0.2, 0.25) is 5.02 Å². The van der Waals surface area contributed by atoms with Crippen molar-refractivity contribution in [1.29, 1.82) is 0 Å². The summed E-state index contributed by atoms with van der Waals surface area (Å²) in [5.41, 5.74) is 1.76. The summed E-state index contributed by atoms with van der Waals surface area (Å²) in [6.07, 6.45) is 0.774. The van der Waals surface area contributed by atoms with E-state index in [-0.39, 0.29) is 24.8 Å². The Hall–Kier alpha value is -2.73. The zero-order valence-electron chi connectivity index (χ0n) is 18.6. The third-order valence-electron chi connectivity index (χ3n) is 4.95. The maximum atomic E-state index is 13.1. The minimum absolute atomic E-state index is 0.122. The van der Waals surface area contributed by atoms with Crippen LogP contribution in [0, 0.1) is 0 Å². The summed E-state index contributed by atoms with van der Waals surface area (Å²) in [6, 6.07) is 12.4. The van der Waals surface area contributed by atoms with Crippen molar-refractivity contribution in [2.24, 2.45) is 0 Å². The maximum Gasteiger partial charge on any atom is 0.242 e. The third kappa shape index (κ3) is 6.89. The first kappa shape index (κ1) is 24.5. The number of hydrogen-bond donors (Lipinski definition) is 1. The molecule has 2 amide bonds. The van der Waals surface area contributed by atoms with Crippen LogP contribution in [0.4, 0.5) is 0 Å². The molecule has 0 heterocycles. The monoisotopic (exact) mass is 446 g/mol. The van der Waals surface area contributed by atoms with E-state index in [2.05, 4.69) is 5.32 Å². The van der Waals surface area contributed by atoms with E-state index in [1.54, 1.807) is 24.9 Å². The molecule has 0 aliphatic carbocycles. The Morgan fingerprint density at radius 3 is 2.39 bits per heavy atom. The van der Waals surface area contributed by atoms with Crippen molar-refractivity contribution in [2.75, 3.05) is 20.3 Å². The lowest BCUT2D eigenvalue weighted by molar-refractivity contribution is -0.140. The van der Waals surface area contributed by atoms with Gasteiger partial charge in [-0.25, -0.2) is 0 Å². The van der Waals surface area contributed by atoms with Gasteiger partial charge in [0.25, 0.3) is 0 Å².